The Morgan fingerprint density at radius 2 is 2.22 bits per heavy atom. The molecule has 0 amide bonds. The lowest BCUT2D eigenvalue weighted by Gasteiger charge is -1.94. The Morgan fingerprint density at radius 1 is 1.44 bits per heavy atom. The predicted molar refractivity (Wildman–Crippen MR) is 30.3 cm³/mol. The highest BCUT2D eigenvalue weighted by Crippen LogP contribution is 2.59. The fourth-order valence-corrected chi connectivity index (χ4v) is 1.57. The Hall–Kier alpha value is -0.400. The maximum Gasteiger partial charge on any atom is 0.258 e. The number of alkyl halides is 2. The first-order chi connectivity index (χ1) is 4.23. The molecule has 2 rings (SSSR count). The average molecular weight is 130 g/mol. The number of halogens is 2. The van der Waals surface area contributed by atoms with Crippen LogP contribution in [0.1, 0.15) is 12.8 Å². The molecule has 1 fully saturated rings. The van der Waals surface area contributed by atoms with Gasteiger partial charge < -0.3 is 0 Å². The van der Waals surface area contributed by atoms with Crippen LogP contribution in [-0.4, -0.2) is 5.92 Å². The van der Waals surface area contributed by atoms with Crippen molar-refractivity contribution in [3.63, 3.8) is 0 Å². The third-order valence-corrected chi connectivity index (χ3v) is 2.25. The molecule has 0 aliphatic heterocycles. The molecule has 0 aromatic rings. The van der Waals surface area contributed by atoms with Crippen molar-refractivity contribution in [3.8, 4) is 0 Å². The topological polar surface area (TPSA) is 0 Å². The van der Waals surface area contributed by atoms with Crippen LogP contribution in [-0.2, 0) is 0 Å². The number of fused-ring (bicyclic) bond motifs is 1. The molecular formula is C7H8F2. The van der Waals surface area contributed by atoms with Crippen LogP contribution in [0.5, 0.6) is 0 Å². The summed E-state index contributed by atoms with van der Waals surface area (Å²) in [6.07, 6.45) is 5.06. The summed E-state index contributed by atoms with van der Waals surface area (Å²) >= 11 is 0. The van der Waals surface area contributed by atoms with Crippen molar-refractivity contribution in [1.82, 2.24) is 0 Å². The lowest BCUT2D eigenvalue weighted by molar-refractivity contribution is 0.0897. The summed E-state index contributed by atoms with van der Waals surface area (Å²) < 4.78 is 24.9. The van der Waals surface area contributed by atoms with E-state index in [1.54, 1.807) is 6.08 Å². The summed E-state index contributed by atoms with van der Waals surface area (Å²) in [5.41, 5.74) is 0. The molecule has 2 atom stereocenters. The third kappa shape index (κ3) is 0.562. The van der Waals surface area contributed by atoms with E-state index in [0.717, 1.165) is 6.42 Å². The lowest BCUT2D eigenvalue weighted by atomic mass is 10.1. The summed E-state index contributed by atoms with van der Waals surface area (Å²) in [5, 5.41) is 0. The second-order valence-electron chi connectivity index (χ2n) is 2.81. The zero-order valence-electron chi connectivity index (χ0n) is 4.98. The van der Waals surface area contributed by atoms with E-state index in [1.807, 2.05) is 6.08 Å². The lowest BCUT2D eigenvalue weighted by Crippen LogP contribution is -1.92. The molecular weight excluding hydrogens is 122 g/mol. The average Bonchev–Trinajstić information content (AvgIpc) is 2.39. The van der Waals surface area contributed by atoms with Crippen LogP contribution < -0.4 is 0 Å². The highest BCUT2D eigenvalue weighted by molar-refractivity contribution is 5.18. The Labute approximate surface area is 52.6 Å². The van der Waals surface area contributed by atoms with Crippen molar-refractivity contribution >= 4 is 0 Å². The van der Waals surface area contributed by atoms with Gasteiger partial charge in [0.05, 0.1) is 0 Å². The molecule has 0 N–H and O–H groups in total. The van der Waals surface area contributed by atoms with Gasteiger partial charge in [-0.25, -0.2) is 8.78 Å². The van der Waals surface area contributed by atoms with Gasteiger partial charge in [-0.05, 0) is 12.8 Å². The van der Waals surface area contributed by atoms with Crippen molar-refractivity contribution in [3.05, 3.63) is 12.2 Å². The van der Waals surface area contributed by atoms with Crippen LogP contribution in [0.15, 0.2) is 12.2 Å². The van der Waals surface area contributed by atoms with Gasteiger partial charge in [0.1, 0.15) is 0 Å². The van der Waals surface area contributed by atoms with Gasteiger partial charge in [0.25, 0.3) is 5.92 Å². The maximum absolute atomic E-state index is 12.5. The largest absolute Gasteiger partial charge is 0.258 e. The third-order valence-electron chi connectivity index (χ3n) is 2.25. The molecule has 0 spiro atoms. The highest BCUT2D eigenvalue weighted by Gasteiger charge is 2.66. The normalized spacial score (nSPS) is 44.2. The molecule has 1 saturated carbocycles. The molecule has 50 valence electrons. The van der Waals surface area contributed by atoms with Gasteiger partial charge in [0.15, 0.2) is 0 Å². The SMILES string of the molecule is FC1(F)C2C=CCCC21. The van der Waals surface area contributed by atoms with Crippen LogP contribution in [0, 0.1) is 11.8 Å². The maximum atomic E-state index is 12.5. The quantitative estimate of drug-likeness (QED) is 0.441. The summed E-state index contributed by atoms with van der Waals surface area (Å²) in [7, 11) is 0. The Morgan fingerprint density at radius 3 is 2.67 bits per heavy atom. The molecule has 0 saturated heterocycles. The fraction of sp³-hybridized carbons (Fsp3) is 0.714. The van der Waals surface area contributed by atoms with Gasteiger partial charge in [-0.2, -0.15) is 0 Å². The molecule has 2 aliphatic carbocycles. The first kappa shape index (κ1) is 5.39. The molecule has 0 nitrogen and oxygen atoms in total. The van der Waals surface area contributed by atoms with Gasteiger partial charge in [-0.1, -0.05) is 12.2 Å². The van der Waals surface area contributed by atoms with Gasteiger partial charge >= 0.3 is 0 Å². The fourth-order valence-electron chi connectivity index (χ4n) is 1.57. The minimum Gasteiger partial charge on any atom is -0.206 e. The van der Waals surface area contributed by atoms with Crippen LogP contribution in [0.2, 0.25) is 0 Å². The van der Waals surface area contributed by atoms with Gasteiger partial charge in [-0.15, -0.1) is 0 Å². The zero-order chi connectivity index (χ0) is 6.48. The Kier molecular flexibility index (Phi) is 0.815. The minimum absolute atomic E-state index is 0.303. The van der Waals surface area contributed by atoms with E-state index >= 15 is 0 Å². The van der Waals surface area contributed by atoms with Crippen molar-refractivity contribution < 1.29 is 8.78 Å². The van der Waals surface area contributed by atoms with Crippen LogP contribution in [0.4, 0.5) is 8.78 Å². The van der Waals surface area contributed by atoms with Crippen molar-refractivity contribution in [2.45, 2.75) is 18.8 Å². The van der Waals surface area contributed by atoms with E-state index in [0.29, 0.717) is 6.42 Å². The van der Waals surface area contributed by atoms with Crippen molar-refractivity contribution in [1.29, 1.82) is 0 Å². The summed E-state index contributed by atoms with van der Waals surface area (Å²) in [4.78, 5) is 0. The Bertz CT molecular complexity index is 160. The molecule has 0 aromatic heterocycles. The van der Waals surface area contributed by atoms with Crippen molar-refractivity contribution in [2.75, 3.05) is 0 Å². The molecule has 2 aliphatic rings. The van der Waals surface area contributed by atoms with E-state index in [9.17, 15) is 8.78 Å². The van der Waals surface area contributed by atoms with Crippen molar-refractivity contribution in [2.24, 2.45) is 11.8 Å². The second-order valence-corrected chi connectivity index (χ2v) is 2.81. The molecule has 0 aromatic carbocycles. The Balaban J connectivity index is 2.19. The molecule has 2 heteroatoms. The van der Waals surface area contributed by atoms with Crippen LogP contribution in [0.25, 0.3) is 0 Å². The van der Waals surface area contributed by atoms with E-state index in [-0.39, 0.29) is 5.92 Å². The van der Waals surface area contributed by atoms with Crippen LogP contribution >= 0.6 is 0 Å². The van der Waals surface area contributed by atoms with E-state index in [4.69, 9.17) is 0 Å². The second kappa shape index (κ2) is 1.36. The summed E-state index contributed by atoms with van der Waals surface area (Å²) in [5.74, 6) is -3.04. The standard InChI is InChI=1S/C7H8F2/c8-7(9)5-3-1-2-4-6(5)7/h1,3,5-6H,2,4H2. The van der Waals surface area contributed by atoms with Gasteiger partial charge in [0.2, 0.25) is 0 Å². The van der Waals surface area contributed by atoms with E-state index in [2.05, 4.69) is 0 Å². The van der Waals surface area contributed by atoms with E-state index in [1.165, 1.54) is 0 Å². The molecule has 2 unspecified atom stereocenters. The first-order valence-electron chi connectivity index (χ1n) is 3.27. The minimum atomic E-state index is -2.34. The zero-order valence-corrected chi connectivity index (χ0v) is 4.98. The van der Waals surface area contributed by atoms with Crippen LogP contribution in [0.3, 0.4) is 0 Å². The number of hydrogen-bond donors (Lipinski definition) is 0. The monoisotopic (exact) mass is 130 g/mol. The number of allylic oxidation sites excluding steroid dienone is 2. The molecule has 0 radical (unpaired) electrons. The predicted octanol–water partition coefficient (Wildman–Crippen LogP) is 2.22. The van der Waals surface area contributed by atoms with Gasteiger partial charge in [-0.3, -0.25) is 0 Å². The highest BCUT2D eigenvalue weighted by atomic mass is 19.3. The molecule has 9 heavy (non-hydrogen) atoms. The number of rotatable bonds is 0. The summed E-state index contributed by atoms with van der Waals surface area (Å²) in [6, 6.07) is 0. The molecule has 0 bridgehead atoms. The first-order valence-corrected chi connectivity index (χ1v) is 3.27. The molecule has 0 heterocycles. The smallest absolute Gasteiger partial charge is 0.206 e. The summed E-state index contributed by atoms with van der Waals surface area (Å²) in [6.45, 7) is 0. The van der Waals surface area contributed by atoms with E-state index < -0.39 is 11.8 Å². The van der Waals surface area contributed by atoms with Gasteiger partial charge in [0, 0.05) is 11.8 Å². The number of hydrogen-bond acceptors (Lipinski definition) is 0.